The van der Waals surface area contributed by atoms with Crippen molar-refractivity contribution in [1.29, 1.82) is 0 Å². The van der Waals surface area contributed by atoms with Gasteiger partial charge in [0.1, 0.15) is 5.69 Å². The van der Waals surface area contributed by atoms with Gasteiger partial charge in [-0.2, -0.15) is 0 Å². The van der Waals surface area contributed by atoms with Gasteiger partial charge in [-0.05, 0) is 51.7 Å². The van der Waals surface area contributed by atoms with Crippen LogP contribution in [0.2, 0.25) is 0 Å². The standard InChI is InChI=1S/C17H26N2O3/c1-5-14-8-6-7-11-19(14)16(20)13(3)22-17(21)15-10-9-12(2)18(15)4/h9-10,13-14H,5-8,11H2,1-4H3. The quantitative estimate of drug-likeness (QED) is 0.804. The molecule has 0 saturated carbocycles. The lowest BCUT2D eigenvalue weighted by Crippen LogP contribution is -2.48. The van der Waals surface area contributed by atoms with Gasteiger partial charge in [-0.3, -0.25) is 4.79 Å². The monoisotopic (exact) mass is 306 g/mol. The fraction of sp³-hybridized carbons (Fsp3) is 0.647. The SMILES string of the molecule is CCC1CCCCN1C(=O)C(C)OC(=O)c1ccc(C)n1C. The van der Waals surface area contributed by atoms with Crippen LogP contribution in [0.5, 0.6) is 0 Å². The molecule has 122 valence electrons. The fourth-order valence-electron chi connectivity index (χ4n) is 3.04. The molecule has 0 N–H and O–H groups in total. The molecular weight excluding hydrogens is 280 g/mol. The zero-order valence-corrected chi connectivity index (χ0v) is 14.0. The lowest BCUT2D eigenvalue weighted by Gasteiger charge is -2.36. The Balaban J connectivity index is 2.01. The highest BCUT2D eigenvalue weighted by Gasteiger charge is 2.30. The van der Waals surface area contributed by atoms with Gasteiger partial charge >= 0.3 is 5.97 Å². The summed E-state index contributed by atoms with van der Waals surface area (Å²) in [6.07, 6.45) is 3.44. The molecule has 1 aliphatic heterocycles. The molecule has 2 heterocycles. The van der Waals surface area contributed by atoms with Gasteiger partial charge in [-0.1, -0.05) is 6.92 Å². The first-order valence-electron chi connectivity index (χ1n) is 8.09. The Bertz CT molecular complexity index is 550. The Labute approximate surface area is 132 Å². The van der Waals surface area contributed by atoms with E-state index >= 15 is 0 Å². The molecule has 1 fully saturated rings. The molecular formula is C17H26N2O3. The van der Waals surface area contributed by atoms with Crippen LogP contribution in [0.25, 0.3) is 0 Å². The van der Waals surface area contributed by atoms with Crippen LogP contribution >= 0.6 is 0 Å². The van der Waals surface area contributed by atoms with Crippen LogP contribution < -0.4 is 0 Å². The summed E-state index contributed by atoms with van der Waals surface area (Å²) in [5.74, 6) is -0.521. The molecule has 5 heteroatoms. The van der Waals surface area contributed by atoms with E-state index in [1.54, 1.807) is 17.6 Å². The first-order valence-corrected chi connectivity index (χ1v) is 8.09. The smallest absolute Gasteiger partial charge is 0.355 e. The number of piperidine rings is 1. The van der Waals surface area contributed by atoms with Gasteiger partial charge in [0.2, 0.25) is 0 Å². The maximum Gasteiger partial charge on any atom is 0.355 e. The highest BCUT2D eigenvalue weighted by molar-refractivity contribution is 5.91. The number of carbonyl (C=O) groups is 2. The summed E-state index contributed by atoms with van der Waals surface area (Å²) in [4.78, 5) is 26.7. The van der Waals surface area contributed by atoms with Gasteiger partial charge in [-0.15, -0.1) is 0 Å². The molecule has 0 bridgehead atoms. The number of aryl methyl sites for hydroxylation is 1. The van der Waals surface area contributed by atoms with Gasteiger partial charge in [-0.25, -0.2) is 4.79 Å². The van der Waals surface area contributed by atoms with E-state index in [-0.39, 0.29) is 11.9 Å². The fourth-order valence-corrected chi connectivity index (χ4v) is 3.04. The zero-order chi connectivity index (χ0) is 16.3. The highest BCUT2D eigenvalue weighted by atomic mass is 16.5. The molecule has 2 atom stereocenters. The van der Waals surface area contributed by atoms with Crippen molar-refractivity contribution >= 4 is 11.9 Å². The van der Waals surface area contributed by atoms with E-state index in [2.05, 4.69) is 6.92 Å². The number of hydrogen-bond donors (Lipinski definition) is 0. The number of rotatable bonds is 4. The number of nitrogens with zero attached hydrogens (tertiary/aromatic N) is 2. The van der Waals surface area contributed by atoms with Crippen molar-refractivity contribution in [3.05, 3.63) is 23.5 Å². The molecule has 1 aromatic heterocycles. The Morgan fingerprint density at radius 3 is 2.68 bits per heavy atom. The van der Waals surface area contributed by atoms with Gasteiger partial charge in [0.25, 0.3) is 5.91 Å². The molecule has 2 rings (SSSR count). The number of hydrogen-bond acceptors (Lipinski definition) is 3. The summed E-state index contributed by atoms with van der Waals surface area (Å²) in [6.45, 7) is 6.45. The van der Waals surface area contributed by atoms with Crippen LogP contribution in [0.15, 0.2) is 12.1 Å². The number of carbonyl (C=O) groups excluding carboxylic acids is 2. The molecule has 0 aromatic carbocycles. The van der Waals surface area contributed by atoms with Crippen molar-refractivity contribution in [3.8, 4) is 0 Å². The second-order valence-corrected chi connectivity index (χ2v) is 6.06. The number of aromatic nitrogens is 1. The zero-order valence-electron chi connectivity index (χ0n) is 14.0. The van der Waals surface area contributed by atoms with Gasteiger partial charge in [0.05, 0.1) is 0 Å². The molecule has 1 aliphatic rings. The molecule has 1 aromatic rings. The van der Waals surface area contributed by atoms with Crippen molar-refractivity contribution in [2.45, 2.75) is 58.6 Å². The predicted octanol–water partition coefficient (Wildman–Crippen LogP) is 2.67. The summed E-state index contributed by atoms with van der Waals surface area (Å²) in [5.41, 5.74) is 1.45. The lowest BCUT2D eigenvalue weighted by molar-refractivity contribution is -0.143. The minimum Gasteiger partial charge on any atom is -0.448 e. The topological polar surface area (TPSA) is 51.5 Å². The summed E-state index contributed by atoms with van der Waals surface area (Å²) >= 11 is 0. The number of amides is 1. The van der Waals surface area contributed by atoms with Crippen LogP contribution in [0.4, 0.5) is 0 Å². The summed E-state index contributed by atoms with van der Waals surface area (Å²) in [7, 11) is 1.82. The largest absolute Gasteiger partial charge is 0.448 e. The van der Waals surface area contributed by atoms with E-state index in [0.29, 0.717) is 5.69 Å². The number of likely N-dealkylation sites (tertiary alicyclic amines) is 1. The minimum absolute atomic E-state index is 0.0779. The maximum atomic E-state index is 12.6. The lowest BCUT2D eigenvalue weighted by atomic mass is 9.99. The van der Waals surface area contributed by atoms with E-state index in [4.69, 9.17) is 4.74 Å². The molecule has 1 saturated heterocycles. The first kappa shape index (κ1) is 16.6. The van der Waals surface area contributed by atoms with Crippen molar-refractivity contribution in [3.63, 3.8) is 0 Å². The third-order valence-electron chi connectivity index (χ3n) is 4.60. The van der Waals surface area contributed by atoms with Crippen LogP contribution in [-0.4, -0.2) is 40.0 Å². The molecule has 1 amide bonds. The first-order chi connectivity index (χ1) is 10.5. The van der Waals surface area contributed by atoms with E-state index in [9.17, 15) is 9.59 Å². The van der Waals surface area contributed by atoms with Crippen molar-refractivity contribution in [2.24, 2.45) is 7.05 Å². The summed E-state index contributed by atoms with van der Waals surface area (Å²) < 4.78 is 7.16. The Kier molecular flexibility index (Phi) is 5.27. The number of esters is 1. The Morgan fingerprint density at radius 1 is 1.36 bits per heavy atom. The van der Waals surface area contributed by atoms with Crippen molar-refractivity contribution in [1.82, 2.24) is 9.47 Å². The summed E-state index contributed by atoms with van der Waals surface area (Å²) in [5, 5.41) is 0. The molecule has 0 radical (unpaired) electrons. The second kappa shape index (κ2) is 6.99. The summed E-state index contributed by atoms with van der Waals surface area (Å²) in [6, 6.07) is 3.87. The average molecular weight is 306 g/mol. The molecule has 22 heavy (non-hydrogen) atoms. The highest BCUT2D eigenvalue weighted by Crippen LogP contribution is 2.21. The molecule has 5 nitrogen and oxygen atoms in total. The van der Waals surface area contributed by atoms with E-state index in [0.717, 1.165) is 31.5 Å². The van der Waals surface area contributed by atoms with Crippen LogP contribution in [-0.2, 0) is 16.6 Å². The van der Waals surface area contributed by atoms with Crippen molar-refractivity contribution in [2.75, 3.05) is 6.54 Å². The third-order valence-corrected chi connectivity index (χ3v) is 4.60. The van der Waals surface area contributed by atoms with Crippen LogP contribution in [0.3, 0.4) is 0 Å². The van der Waals surface area contributed by atoms with Crippen molar-refractivity contribution < 1.29 is 14.3 Å². The Hall–Kier alpha value is -1.78. The number of ether oxygens (including phenoxy) is 1. The van der Waals surface area contributed by atoms with Gasteiger partial charge in [0.15, 0.2) is 6.10 Å². The average Bonchev–Trinajstić information content (AvgIpc) is 2.86. The van der Waals surface area contributed by atoms with Crippen LogP contribution in [0, 0.1) is 6.92 Å². The normalized spacial score (nSPS) is 19.8. The van der Waals surface area contributed by atoms with Gasteiger partial charge in [0, 0.05) is 25.3 Å². The van der Waals surface area contributed by atoms with E-state index < -0.39 is 12.1 Å². The third kappa shape index (κ3) is 3.34. The molecule has 0 spiro atoms. The van der Waals surface area contributed by atoms with Gasteiger partial charge < -0.3 is 14.2 Å². The predicted molar refractivity (Wildman–Crippen MR) is 84.7 cm³/mol. The molecule has 0 aliphatic carbocycles. The van der Waals surface area contributed by atoms with E-state index in [1.165, 1.54) is 6.42 Å². The maximum absolute atomic E-state index is 12.6. The van der Waals surface area contributed by atoms with Crippen LogP contribution in [0.1, 0.15) is 55.7 Å². The Morgan fingerprint density at radius 2 is 2.09 bits per heavy atom. The second-order valence-electron chi connectivity index (χ2n) is 6.06. The molecule has 2 unspecified atom stereocenters. The van der Waals surface area contributed by atoms with E-state index in [1.807, 2.05) is 24.9 Å². The minimum atomic E-state index is -0.741.